The Morgan fingerprint density at radius 1 is 1.18 bits per heavy atom. The number of anilines is 1. The SMILES string of the molecule is Cc1nc(N2CCC3(CC2)Oc2c(F)cccc2[C@H]3N)c(CO)nc1-c1cccc(Cl)c1Cl. The molecule has 9 heteroatoms. The smallest absolute Gasteiger partial charge is 0.165 e. The summed E-state index contributed by atoms with van der Waals surface area (Å²) < 4.78 is 20.4. The van der Waals surface area contributed by atoms with E-state index in [4.69, 9.17) is 38.7 Å². The number of para-hydroxylation sites is 1. The number of hydrogen-bond acceptors (Lipinski definition) is 6. The Labute approximate surface area is 201 Å². The first-order valence-corrected chi connectivity index (χ1v) is 11.5. The Morgan fingerprint density at radius 3 is 2.61 bits per heavy atom. The Kier molecular flexibility index (Phi) is 5.69. The van der Waals surface area contributed by atoms with Gasteiger partial charge in [-0.2, -0.15) is 0 Å². The zero-order valence-electron chi connectivity index (χ0n) is 18.0. The minimum absolute atomic E-state index is 0.257. The number of aliphatic hydroxyl groups excluding tert-OH is 1. The van der Waals surface area contributed by atoms with Gasteiger partial charge in [0.2, 0.25) is 0 Å². The largest absolute Gasteiger partial charge is 0.482 e. The molecule has 5 rings (SSSR count). The summed E-state index contributed by atoms with van der Waals surface area (Å²) in [6.07, 6.45) is 1.19. The Morgan fingerprint density at radius 2 is 1.91 bits per heavy atom. The van der Waals surface area contributed by atoms with Crippen LogP contribution >= 0.6 is 23.2 Å². The number of aromatic nitrogens is 2. The van der Waals surface area contributed by atoms with Gasteiger partial charge in [-0.05, 0) is 19.1 Å². The molecule has 0 amide bonds. The van der Waals surface area contributed by atoms with Crippen LogP contribution in [0, 0.1) is 12.7 Å². The normalized spacial score (nSPS) is 19.0. The van der Waals surface area contributed by atoms with Crippen molar-refractivity contribution < 1.29 is 14.2 Å². The summed E-state index contributed by atoms with van der Waals surface area (Å²) in [5, 5.41) is 10.9. The number of halogens is 3. The van der Waals surface area contributed by atoms with E-state index in [2.05, 4.69) is 9.88 Å². The molecule has 3 aromatic rings. The third kappa shape index (κ3) is 3.64. The molecule has 3 N–H and O–H groups in total. The van der Waals surface area contributed by atoms with Gasteiger partial charge in [0.1, 0.15) is 11.3 Å². The molecule has 6 nitrogen and oxygen atoms in total. The van der Waals surface area contributed by atoms with Gasteiger partial charge in [-0.15, -0.1) is 0 Å². The average molecular weight is 489 g/mol. The maximum absolute atomic E-state index is 14.3. The zero-order valence-corrected chi connectivity index (χ0v) is 19.5. The van der Waals surface area contributed by atoms with E-state index >= 15 is 0 Å². The van der Waals surface area contributed by atoms with Crippen LogP contribution in [0.3, 0.4) is 0 Å². The fourth-order valence-electron chi connectivity index (χ4n) is 4.78. The standard InChI is InChI=1S/C24H23Cl2FN4O2/c1-13-20(14-4-2-6-16(25)19(14)26)30-18(12-32)23(29-13)31-10-8-24(9-11-31)22(28)15-5-3-7-17(27)21(15)33-24/h2-7,22,32H,8-12,28H2,1H3/t22-/m1/s1. The highest BCUT2D eigenvalue weighted by Crippen LogP contribution is 2.48. The summed E-state index contributed by atoms with van der Waals surface area (Å²) in [4.78, 5) is 11.5. The van der Waals surface area contributed by atoms with Gasteiger partial charge in [-0.3, -0.25) is 0 Å². The van der Waals surface area contributed by atoms with Crippen LogP contribution in [0.1, 0.15) is 35.8 Å². The van der Waals surface area contributed by atoms with Crippen LogP contribution in [0.5, 0.6) is 5.75 Å². The summed E-state index contributed by atoms with van der Waals surface area (Å²) in [6.45, 7) is 2.75. The number of ether oxygens (including phenoxy) is 1. The summed E-state index contributed by atoms with van der Waals surface area (Å²) in [5.41, 5.74) is 8.92. The average Bonchev–Trinajstić information content (AvgIpc) is 3.09. The van der Waals surface area contributed by atoms with Gasteiger partial charge in [0.25, 0.3) is 0 Å². The lowest BCUT2D eigenvalue weighted by molar-refractivity contribution is 0.0401. The van der Waals surface area contributed by atoms with Crippen molar-refractivity contribution in [2.75, 3.05) is 18.0 Å². The van der Waals surface area contributed by atoms with Crippen molar-refractivity contribution in [3.05, 3.63) is 69.2 Å². The molecule has 33 heavy (non-hydrogen) atoms. The van der Waals surface area contributed by atoms with Crippen LogP contribution in [0.2, 0.25) is 10.0 Å². The van der Waals surface area contributed by atoms with E-state index in [9.17, 15) is 9.50 Å². The van der Waals surface area contributed by atoms with E-state index in [0.29, 0.717) is 70.0 Å². The Hall–Kier alpha value is -2.45. The zero-order chi connectivity index (χ0) is 23.3. The number of piperidine rings is 1. The predicted molar refractivity (Wildman–Crippen MR) is 126 cm³/mol. The van der Waals surface area contributed by atoms with Crippen LogP contribution in [-0.4, -0.2) is 33.8 Å². The fraction of sp³-hybridized carbons (Fsp3) is 0.333. The molecule has 1 aromatic heterocycles. The molecule has 172 valence electrons. The van der Waals surface area contributed by atoms with Gasteiger partial charge < -0.3 is 20.5 Å². The second-order valence-corrected chi connectivity index (χ2v) is 9.26. The predicted octanol–water partition coefficient (Wildman–Crippen LogP) is 4.82. The Bertz CT molecular complexity index is 1230. The molecular weight excluding hydrogens is 466 g/mol. The lowest BCUT2D eigenvalue weighted by Crippen LogP contribution is -2.51. The molecule has 0 aliphatic carbocycles. The summed E-state index contributed by atoms with van der Waals surface area (Å²) in [5.74, 6) is 0.483. The number of benzene rings is 2. The number of aryl methyl sites for hydroxylation is 1. The van der Waals surface area contributed by atoms with Crippen LogP contribution in [0.15, 0.2) is 36.4 Å². The highest BCUT2D eigenvalue weighted by atomic mass is 35.5. The highest BCUT2D eigenvalue weighted by molar-refractivity contribution is 6.43. The number of nitrogens with two attached hydrogens (primary N) is 1. The number of rotatable bonds is 3. The van der Waals surface area contributed by atoms with Gasteiger partial charge in [0, 0.05) is 37.1 Å². The Balaban J connectivity index is 1.42. The van der Waals surface area contributed by atoms with Crippen molar-refractivity contribution in [2.45, 2.75) is 38.0 Å². The maximum Gasteiger partial charge on any atom is 0.165 e. The molecule has 2 aliphatic rings. The van der Waals surface area contributed by atoms with Gasteiger partial charge in [-0.1, -0.05) is 47.5 Å². The molecule has 1 saturated heterocycles. The molecular formula is C24H23Cl2FN4O2. The van der Waals surface area contributed by atoms with E-state index in [1.54, 1.807) is 18.2 Å². The summed E-state index contributed by atoms with van der Waals surface area (Å²) in [6, 6.07) is 9.80. The molecule has 2 aromatic carbocycles. The van der Waals surface area contributed by atoms with E-state index in [0.717, 1.165) is 0 Å². The van der Waals surface area contributed by atoms with Crippen molar-refractivity contribution in [3.8, 4) is 17.0 Å². The first-order chi connectivity index (χ1) is 15.8. The number of fused-ring (bicyclic) bond motifs is 1. The van der Waals surface area contributed by atoms with Crippen molar-refractivity contribution >= 4 is 29.0 Å². The van der Waals surface area contributed by atoms with Crippen molar-refractivity contribution in [1.29, 1.82) is 0 Å². The molecule has 1 atom stereocenters. The van der Waals surface area contributed by atoms with E-state index in [-0.39, 0.29) is 18.2 Å². The highest BCUT2D eigenvalue weighted by Gasteiger charge is 2.49. The van der Waals surface area contributed by atoms with Crippen molar-refractivity contribution in [2.24, 2.45) is 5.73 Å². The molecule has 0 unspecified atom stereocenters. The van der Waals surface area contributed by atoms with E-state index < -0.39 is 11.6 Å². The molecule has 3 heterocycles. The van der Waals surface area contributed by atoms with Gasteiger partial charge >= 0.3 is 0 Å². The topological polar surface area (TPSA) is 84.5 Å². The van der Waals surface area contributed by atoms with E-state index in [1.807, 2.05) is 19.1 Å². The second kappa shape index (κ2) is 8.40. The third-order valence-corrected chi connectivity index (χ3v) is 7.41. The first-order valence-electron chi connectivity index (χ1n) is 10.8. The number of nitrogens with zero attached hydrogens (tertiary/aromatic N) is 3. The van der Waals surface area contributed by atoms with Crippen LogP contribution in [-0.2, 0) is 6.61 Å². The third-order valence-electron chi connectivity index (χ3n) is 6.59. The lowest BCUT2D eigenvalue weighted by Gasteiger charge is -2.41. The van der Waals surface area contributed by atoms with Crippen LogP contribution in [0.25, 0.3) is 11.3 Å². The molecule has 0 radical (unpaired) electrons. The van der Waals surface area contributed by atoms with Gasteiger partial charge in [0.05, 0.1) is 34.1 Å². The van der Waals surface area contributed by atoms with Crippen molar-refractivity contribution in [3.63, 3.8) is 0 Å². The molecule has 1 spiro atoms. The maximum atomic E-state index is 14.3. The van der Waals surface area contributed by atoms with Crippen molar-refractivity contribution in [1.82, 2.24) is 9.97 Å². The van der Waals surface area contributed by atoms with Gasteiger partial charge in [0.15, 0.2) is 17.4 Å². The summed E-state index contributed by atoms with van der Waals surface area (Å²) in [7, 11) is 0. The quantitative estimate of drug-likeness (QED) is 0.549. The fourth-order valence-corrected chi connectivity index (χ4v) is 5.17. The minimum Gasteiger partial charge on any atom is -0.482 e. The number of aliphatic hydroxyl groups is 1. The molecule has 1 fully saturated rings. The van der Waals surface area contributed by atoms with Crippen LogP contribution in [0.4, 0.5) is 10.2 Å². The molecule has 0 bridgehead atoms. The molecule has 2 aliphatic heterocycles. The minimum atomic E-state index is -0.656. The monoisotopic (exact) mass is 488 g/mol. The summed E-state index contributed by atoms with van der Waals surface area (Å²) >= 11 is 12.6. The molecule has 0 saturated carbocycles. The van der Waals surface area contributed by atoms with E-state index in [1.165, 1.54) is 6.07 Å². The number of hydrogen-bond donors (Lipinski definition) is 2. The lowest BCUT2D eigenvalue weighted by atomic mass is 9.83. The van der Waals surface area contributed by atoms with Crippen LogP contribution < -0.4 is 15.4 Å². The first kappa shape index (κ1) is 22.3. The second-order valence-electron chi connectivity index (χ2n) is 8.48. The van der Waals surface area contributed by atoms with Gasteiger partial charge in [-0.25, -0.2) is 14.4 Å².